The number of esters is 1. The molecule has 0 aromatic heterocycles. The topological polar surface area (TPSA) is 26.3 Å². The number of carbonyl (C=O) groups is 1. The van der Waals surface area contributed by atoms with Crippen molar-refractivity contribution in [2.45, 2.75) is 12.8 Å². The van der Waals surface area contributed by atoms with Crippen molar-refractivity contribution in [1.82, 2.24) is 0 Å². The third-order valence-corrected chi connectivity index (χ3v) is 4.52. The van der Waals surface area contributed by atoms with Crippen molar-refractivity contribution in [2.24, 2.45) is 0 Å². The number of hydrogen-bond donors (Lipinski definition) is 0. The summed E-state index contributed by atoms with van der Waals surface area (Å²) in [5, 5.41) is 2.33. The summed E-state index contributed by atoms with van der Waals surface area (Å²) in [5.74, 6) is -0.287. The van der Waals surface area contributed by atoms with Crippen molar-refractivity contribution in [3.63, 3.8) is 0 Å². The molecule has 1 aliphatic rings. The predicted octanol–water partition coefficient (Wildman–Crippen LogP) is 4.12. The van der Waals surface area contributed by atoms with Crippen LogP contribution in [0.25, 0.3) is 10.8 Å². The van der Waals surface area contributed by atoms with Crippen LogP contribution in [-0.2, 0) is 17.6 Å². The van der Waals surface area contributed by atoms with Crippen molar-refractivity contribution in [2.75, 3.05) is 7.11 Å². The molecule has 0 N–H and O–H groups in total. The van der Waals surface area contributed by atoms with Crippen LogP contribution < -0.4 is 0 Å². The predicted molar refractivity (Wildman–Crippen MR) is 87.3 cm³/mol. The van der Waals surface area contributed by atoms with Crippen molar-refractivity contribution in [1.29, 1.82) is 0 Å². The summed E-state index contributed by atoms with van der Waals surface area (Å²) in [6.07, 6.45) is 1.95. The summed E-state index contributed by atoms with van der Waals surface area (Å²) in [4.78, 5) is 11.7. The first kappa shape index (κ1) is 13.1. The highest BCUT2D eigenvalue weighted by Gasteiger charge is 2.17. The molecule has 0 atom stereocenters. The fourth-order valence-electron chi connectivity index (χ4n) is 3.36. The number of hydrogen-bond acceptors (Lipinski definition) is 2. The van der Waals surface area contributed by atoms with E-state index in [1.54, 1.807) is 0 Å². The van der Waals surface area contributed by atoms with E-state index in [0.29, 0.717) is 5.56 Å². The first-order valence-electron chi connectivity index (χ1n) is 7.46. The minimum absolute atomic E-state index is 0.287. The zero-order valence-corrected chi connectivity index (χ0v) is 12.4. The van der Waals surface area contributed by atoms with E-state index >= 15 is 0 Å². The van der Waals surface area contributed by atoms with Crippen LogP contribution in [0, 0.1) is 0 Å². The molecular formula is C20H16O2. The van der Waals surface area contributed by atoms with Gasteiger partial charge in [-0.15, -0.1) is 0 Å². The molecule has 3 aromatic rings. The third-order valence-electron chi connectivity index (χ3n) is 4.52. The van der Waals surface area contributed by atoms with Crippen LogP contribution in [0.5, 0.6) is 0 Å². The molecule has 2 heteroatoms. The minimum Gasteiger partial charge on any atom is -0.465 e. The molecule has 2 nitrogen and oxygen atoms in total. The van der Waals surface area contributed by atoms with Crippen LogP contribution in [0.3, 0.4) is 0 Å². The SMILES string of the molecule is COC(=O)c1ccc2c3c(ccc2c1)Cc1ccccc1C3. The van der Waals surface area contributed by atoms with Gasteiger partial charge in [0, 0.05) is 0 Å². The molecule has 0 bridgehead atoms. The molecule has 0 unspecified atom stereocenters. The Labute approximate surface area is 129 Å². The first-order chi connectivity index (χ1) is 10.8. The fraction of sp³-hybridized carbons (Fsp3) is 0.150. The lowest BCUT2D eigenvalue weighted by molar-refractivity contribution is 0.0601. The summed E-state index contributed by atoms with van der Waals surface area (Å²) in [6.45, 7) is 0. The molecule has 0 amide bonds. The van der Waals surface area contributed by atoms with Gasteiger partial charge in [-0.05, 0) is 58.0 Å². The molecule has 0 saturated carbocycles. The molecule has 108 valence electrons. The fourth-order valence-corrected chi connectivity index (χ4v) is 3.36. The lowest BCUT2D eigenvalue weighted by Crippen LogP contribution is -2.08. The Morgan fingerprint density at radius 1 is 0.909 bits per heavy atom. The highest BCUT2D eigenvalue weighted by molar-refractivity contribution is 5.97. The van der Waals surface area contributed by atoms with E-state index in [0.717, 1.165) is 18.2 Å². The van der Waals surface area contributed by atoms with Crippen LogP contribution >= 0.6 is 0 Å². The molecule has 0 spiro atoms. The molecule has 0 radical (unpaired) electrons. The largest absolute Gasteiger partial charge is 0.465 e. The Hall–Kier alpha value is -2.61. The van der Waals surface area contributed by atoms with Gasteiger partial charge in [0.25, 0.3) is 0 Å². The van der Waals surface area contributed by atoms with Gasteiger partial charge in [0.1, 0.15) is 0 Å². The van der Waals surface area contributed by atoms with Gasteiger partial charge >= 0.3 is 5.97 Å². The number of ether oxygens (including phenoxy) is 1. The normalized spacial score (nSPS) is 12.6. The van der Waals surface area contributed by atoms with Crippen molar-refractivity contribution in [3.05, 3.63) is 82.4 Å². The minimum atomic E-state index is -0.287. The summed E-state index contributed by atoms with van der Waals surface area (Å²) < 4.78 is 4.81. The van der Waals surface area contributed by atoms with Crippen LogP contribution in [0.4, 0.5) is 0 Å². The Kier molecular flexibility index (Phi) is 2.97. The van der Waals surface area contributed by atoms with Gasteiger partial charge in [-0.25, -0.2) is 4.79 Å². The monoisotopic (exact) mass is 288 g/mol. The first-order valence-corrected chi connectivity index (χ1v) is 7.46. The van der Waals surface area contributed by atoms with Crippen LogP contribution in [0.15, 0.2) is 54.6 Å². The van der Waals surface area contributed by atoms with Crippen LogP contribution in [0.2, 0.25) is 0 Å². The van der Waals surface area contributed by atoms with E-state index in [1.807, 2.05) is 18.2 Å². The van der Waals surface area contributed by atoms with Crippen LogP contribution in [-0.4, -0.2) is 13.1 Å². The molecule has 0 fully saturated rings. The smallest absolute Gasteiger partial charge is 0.337 e. The van der Waals surface area contributed by atoms with Crippen molar-refractivity contribution < 1.29 is 9.53 Å². The average molecular weight is 288 g/mol. The highest BCUT2D eigenvalue weighted by Crippen LogP contribution is 2.32. The Morgan fingerprint density at radius 2 is 1.68 bits per heavy atom. The van der Waals surface area contributed by atoms with Crippen LogP contribution in [0.1, 0.15) is 32.6 Å². The Balaban J connectivity index is 1.86. The van der Waals surface area contributed by atoms with Gasteiger partial charge in [-0.1, -0.05) is 42.5 Å². The lowest BCUT2D eigenvalue weighted by atomic mass is 9.83. The maximum absolute atomic E-state index is 11.7. The molecule has 4 rings (SSSR count). The molecule has 0 heterocycles. The van der Waals surface area contributed by atoms with Crippen molar-refractivity contribution >= 4 is 16.7 Å². The molecule has 0 saturated heterocycles. The lowest BCUT2D eigenvalue weighted by Gasteiger charge is -2.21. The second kappa shape index (κ2) is 4.99. The van der Waals surface area contributed by atoms with E-state index in [1.165, 1.54) is 34.7 Å². The van der Waals surface area contributed by atoms with E-state index in [-0.39, 0.29) is 5.97 Å². The van der Waals surface area contributed by atoms with Gasteiger partial charge in [0.2, 0.25) is 0 Å². The van der Waals surface area contributed by atoms with Gasteiger partial charge < -0.3 is 4.74 Å². The highest BCUT2D eigenvalue weighted by atomic mass is 16.5. The van der Waals surface area contributed by atoms with E-state index in [4.69, 9.17) is 4.74 Å². The second-order valence-electron chi connectivity index (χ2n) is 5.75. The molecule has 22 heavy (non-hydrogen) atoms. The van der Waals surface area contributed by atoms with Gasteiger partial charge in [0.15, 0.2) is 0 Å². The number of benzene rings is 3. The van der Waals surface area contributed by atoms with Crippen molar-refractivity contribution in [3.8, 4) is 0 Å². The number of methoxy groups -OCH3 is 1. The maximum Gasteiger partial charge on any atom is 0.337 e. The molecule has 3 aromatic carbocycles. The summed E-state index contributed by atoms with van der Waals surface area (Å²) in [6, 6.07) is 18.7. The summed E-state index contributed by atoms with van der Waals surface area (Å²) in [5.41, 5.74) is 6.19. The van der Waals surface area contributed by atoms with E-state index in [9.17, 15) is 4.79 Å². The third kappa shape index (κ3) is 2.00. The van der Waals surface area contributed by atoms with Gasteiger partial charge in [-0.2, -0.15) is 0 Å². The quantitative estimate of drug-likeness (QED) is 0.492. The van der Waals surface area contributed by atoms with E-state index < -0.39 is 0 Å². The second-order valence-corrected chi connectivity index (χ2v) is 5.75. The number of carbonyl (C=O) groups excluding carboxylic acids is 1. The molecular weight excluding hydrogens is 272 g/mol. The maximum atomic E-state index is 11.7. The van der Waals surface area contributed by atoms with Gasteiger partial charge in [0.05, 0.1) is 12.7 Å². The summed E-state index contributed by atoms with van der Waals surface area (Å²) >= 11 is 0. The standard InChI is InChI=1S/C20H16O2/c1-22-20(21)17-8-9-18-15(11-17)6-7-16-10-13-4-2-3-5-14(13)12-19(16)18/h2-9,11H,10,12H2,1H3. The average Bonchev–Trinajstić information content (AvgIpc) is 2.58. The zero-order valence-electron chi connectivity index (χ0n) is 12.4. The number of rotatable bonds is 1. The Bertz CT molecular complexity index is 893. The summed E-state index contributed by atoms with van der Waals surface area (Å²) in [7, 11) is 1.41. The number of fused-ring (bicyclic) bond motifs is 4. The Morgan fingerprint density at radius 3 is 2.45 bits per heavy atom. The zero-order chi connectivity index (χ0) is 15.1. The molecule has 0 aliphatic heterocycles. The van der Waals surface area contributed by atoms with Gasteiger partial charge in [-0.3, -0.25) is 0 Å². The molecule has 1 aliphatic carbocycles. The van der Waals surface area contributed by atoms with E-state index in [2.05, 4.69) is 36.4 Å².